The molecule has 0 aliphatic carbocycles. The molecule has 140 valence electrons. The average Bonchev–Trinajstić information content (AvgIpc) is 3.17. The number of aliphatic imine (C=N–C) groups is 1. The molecule has 5 nitrogen and oxygen atoms in total. The zero-order valence-electron chi connectivity index (χ0n) is 15.5. The summed E-state index contributed by atoms with van der Waals surface area (Å²) in [5, 5.41) is 6.75. The van der Waals surface area contributed by atoms with Gasteiger partial charge in [-0.3, -0.25) is 4.99 Å². The Morgan fingerprint density at radius 3 is 2.42 bits per heavy atom. The lowest BCUT2D eigenvalue weighted by Crippen LogP contribution is -2.36. The fourth-order valence-electron chi connectivity index (χ4n) is 3.10. The number of halogens is 1. The molecule has 1 aliphatic heterocycles. The normalized spacial score (nSPS) is 14.1. The van der Waals surface area contributed by atoms with E-state index >= 15 is 0 Å². The highest BCUT2D eigenvalue weighted by Crippen LogP contribution is 2.18. The van der Waals surface area contributed by atoms with E-state index in [1.165, 1.54) is 29.5 Å². The Morgan fingerprint density at radius 2 is 1.77 bits per heavy atom. The SMILES string of the molecule is CN=C(NCc1cccc(C)c1)NCc1ccnc(N2CCCC2)c1.I. The summed E-state index contributed by atoms with van der Waals surface area (Å²) in [5.74, 6) is 1.89. The van der Waals surface area contributed by atoms with Crippen molar-refractivity contribution in [2.45, 2.75) is 32.9 Å². The van der Waals surface area contributed by atoms with Crippen LogP contribution in [0.1, 0.15) is 29.5 Å². The van der Waals surface area contributed by atoms with E-state index in [-0.39, 0.29) is 24.0 Å². The minimum Gasteiger partial charge on any atom is -0.357 e. The van der Waals surface area contributed by atoms with Crippen LogP contribution in [0.3, 0.4) is 0 Å². The summed E-state index contributed by atoms with van der Waals surface area (Å²) in [5.41, 5.74) is 3.74. The molecule has 0 saturated carbocycles. The van der Waals surface area contributed by atoms with E-state index in [4.69, 9.17) is 0 Å². The van der Waals surface area contributed by atoms with Gasteiger partial charge in [-0.25, -0.2) is 4.98 Å². The van der Waals surface area contributed by atoms with Crippen LogP contribution in [0.2, 0.25) is 0 Å². The van der Waals surface area contributed by atoms with Crippen LogP contribution in [-0.4, -0.2) is 31.1 Å². The molecule has 0 amide bonds. The maximum absolute atomic E-state index is 4.51. The quantitative estimate of drug-likeness (QED) is 0.404. The molecule has 6 heteroatoms. The van der Waals surface area contributed by atoms with Crippen LogP contribution < -0.4 is 15.5 Å². The van der Waals surface area contributed by atoms with Gasteiger partial charge in [0.05, 0.1) is 0 Å². The largest absolute Gasteiger partial charge is 0.357 e. The van der Waals surface area contributed by atoms with Crippen LogP contribution in [0.15, 0.2) is 47.6 Å². The van der Waals surface area contributed by atoms with Gasteiger partial charge >= 0.3 is 0 Å². The van der Waals surface area contributed by atoms with Gasteiger partial charge in [-0.2, -0.15) is 0 Å². The van der Waals surface area contributed by atoms with E-state index in [2.05, 4.69) is 68.8 Å². The van der Waals surface area contributed by atoms with Crippen LogP contribution in [0.5, 0.6) is 0 Å². The molecule has 0 bridgehead atoms. The molecule has 0 spiro atoms. The lowest BCUT2D eigenvalue weighted by atomic mass is 10.1. The van der Waals surface area contributed by atoms with E-state index in [9.17, 15) is 0 Å². The molecule has 3 rings (SSSR count). The first-order chi connectivity index (χ1) is 12.2. The third-order valence-electron chi connectivity index (χ3n) is 4.47. The lowest BCUT2D eigenvalue weighted by Gasteiger charge is -2.17. The topological polar surface area (TPSA) is 52.6 Å². The maximum Gasteiger partial charge on any atom is 0.191 e. The fraction of sp³-hybridized carbons (Fsp3) is 0.400. The summed E-state index contributed by atoms with van der Waals surface area (Å²) in [4.78, 5) is 11.2. The second kappa shape index (κ2) is 10.4. The number of hydrogen-bond acceptors (Lipinski definition) is 3. The monoisotopic (exact) mass is 465 g/mol. The minimum absolute atomic E-state index is 0. The van der Waals surface area contributed by atoms with Crippen molar-refractivity contribution in [1.29, 1.82) is 0 Å². The van der Waals surface area contributed by atoms with Crippen molar-refractivity contribution >= 4 is 35.8 Å². The van der Waals surface area contributed by atoms with Crippen LogP contribution in [0.4, 0.5) is 5.82 Å². The van der Waals surface area contributed by atoms with Gasteiger partial charge in [0.15, 0.2) is 5.96 Å². The van der Waals surface area contributed by atoms with Crippen molar-refractivity contribution in [2.24, 2.45) is 4.99 Å². The molecule has 0 atom stereocenters. The lowest BCUT2D eigenvalue weighted by molar-refractivity contribution is 0.806. The van der Waals surface area contributed by atoms with Gasteiger partial charge in [-0.15, -0.1) is 24.0 Å². The summed E-state index contributed by atoms with van der Waals surface area (Å²) in [6.07, 6.45) is 4.42. The molecule has 1 aromatic heterocycles. The van der Waals surface area contributed by atoms with Gasteiger partial charge in [0.25, 0.3) is 0 Å². The summed E-state index contributed by atoms with van der Waals surface area (Å²) >= 11 is 0. The highest BCUT2D eigenvalue weighted by atomic mass is 127. The Hall–Kier alpha value is -1.83. The van der Waals surface area contributed by atoms with E-state index < -0.39 is 0 Å². The Labute approximate surface area is 173 Å². The number of pyridine rings is 1. The third kappa shape index (κ3) is 5.86. The Bertz CT molecular complexity index is 726. The molecule has 1 saturated heterocycles. The number of hydrogen-bond donors (Lipinski definition) is 2. The standard InChI is InChI=1S/C20H27N5.HI/c1-16-6-5-7-17(12-16)14-23-20(21-2)24-15-18-8-9-22-19(13-18)25-10-3-4-11-25;/h5-9,12-13H,3-4,10-11,14-15H2,1-2H3,(H2,21,23,24);1H. The maximum atomic E-state index is 4.51. The van der Waals surface area contributed by atoms with Crippen molar-refractivity contribution in [3.63, 3.8) is 0 Å². The molecule has 2 aromatic rings. The van der Waals surface area contributed by atoms with Gasteiger partial charge in [0.1, 0.15) is 5.82 Å². The summed E-state index contributed by atoms with van der Waals surface area (Å²) < 4.78 is 0. The summed E-state index contributed by atoms with van der Waals surface area (Å²) in [7, 11) is 1.80. The zero-order chi connectivity index (χ0) is 17.5. The minimum atomic E-state index is 0. The average molecular weight is 465 g/mol. The molecule has 0 unspecified atom stereocenters. The van der Waals surface area contributed by atoms with Gasteiger partial charge < -0.3 is 15.5 Å². The first-order valence-corrected chi connectivity index (χ1v) is 8.94. The Morgan fingerprint density at radius 1 is 1.08 bits per heavy atom. The number of aryl methyl sites for hydroxylation is 1. The molecule has 0 radical (unpaired) electrons. The van der Waals surface area contributed by atoms with Crippen LogP contribution in [0.25, 0.3) is 0 Å². The second-order valence-electron chi connectivity index (χ2n) is 6.48. The van der Waals surface area contributed by atoms with Gasteiger partial charge in [-0.05, 0) is 43.0 Å². The van der Waals surface area contributed by atoms with Gasteiger partial charge in [0.2, 0.25) is 0 Å². The van der Waals surface area contributed by atoms with Crippen LogP contribution in [0, 0.1) is 6.92 Å². The highest BCUT2D eigenvalue weighted by molar-refractivity contribution is 14.0. The molecular formula is C20H28IN5. The van der Waals surface area contributed by atoms with E-state index in [1.54, 1.807) is 7.05 Å². The molecule has 1 fully saturated rings. The summed E-state index contributed by atoms with van der Waals surface area (Å²) in [6.45, 7) is 5.83. The predicted molar refractivity (Wildman–Crippen MR) is 119 cm³/mol. The zero-order valence-corrected chi connectivity index (χ0v) is 17.9. The van der Waals surface area contributed by atoms with Crippen molar-refractivity contribution < 1.29 is 0 Å². The molecule has 2 heterocycles. The summed E-state index contributed by atoms with van der Waals surface area (Å²) in [6, 6.07) is 12.7. The molecule has 1 aliphatic rings. The molecule has 1 aromatic carbocycles. The van der Waals surface area contributed by atoms with Gasteiger partial charge in [-0.1, -0.05) is 29.8 Å². The number of guanidine groups is 1. The fourth-order valence-corrected chi connectivity index (χ4v) is 3.10. The van der Waals surface area contributed by atoms with Crippen molar-refractivity contribution in [3.05, 3.63) is 59.3 Å². The van der Waals surface area contributed by atoms with Crippen molar-refractivity contribution in [3.8, 4) is 0 Å². The molecular weight excluding hydrogens is 437 g/mol. The smallest absolute Gasteiger partial charge is 0.191 e. The second-order valence-corrected chi connectivity index (χ2v) is 6.48. The van der Waals surface area contributed by atoms with E-state index in [0.717, 1.165) is 38.0 Å². The van der Waals surface area contributed by atoms with Crippen LogP contribution >= 0.6 is 24.0 Å². The van der Waals surface area contributed by atoms with Crippen LogP contribution in [-0.2, 0) is 13.1 Å². The molecule has 2 N–H and O–H groups in total. The van der Waals surface area contributed by atoms with Gasteiger partial charge in [0, 0.05) is 39.4 Å². The van der Waals surface area contributed by atoms with Crippen molar-refractivity contribution in [1.82, 2.24) is 15.6 Å². The predicted octanol–water partition coefficient (Wildman–Crippen LogP) is 3.47. The first kappa shape index (κ1) is 20.5. The Kier molecular flexibility index (Phi) is 8.15. The first-order valence-electron chi connectivity index (χ1n) is 8.94. The van der Waals surface area contributed by atoms with Crippen molar-refractivity contribution in [2.75, 3.05) is 25.0 Å². The third-order valence-corrected chi connectivity index (χ3v) is 4.47. The number of anilines is 1. The number of aromatic nitrogens is 1. The van der Waals surface area contributed by atoms with E-state index in [0.29, 0.717) is 0 Å². The number of nitrogens with one attached hydrogen (secondary N) is 2. The number of benzene rings is 1. The highest BCUT2D eigenvalue weighted by Gasteiger charge is 2.13. The van der Waals surface area contributed by atoms with E-state index in [1.807, 2.05) is 6.20 Å². The number of nitrogens with zero attached hydrogens (tertiary/aromatic N) is 3. The number of rotatable bonds is 5. The molecule has 26 heavy (non-hydrogen) atoms. The Balaban J connectivity index is 0.00000243.